The molecule has 1 saturated heterocycles. The zero-order valence-corrected chi connectivity index (χ0v) is 30.2. The van der Waals surface area contributed by atoms with Gasteiger partial charge in [0.2, 0.25) is 29.5 Å². The Hall–Kier alpha value is -6.41. The number of guanidine groups is 1. The molecule has 4 atom stereocenters. The van der Waals surface area contributed by atoms with Crippen LogP contribution in [-0.2, 0) is 44.8 Å². The maximum Gasteiger partial charge on any atom is 0.490 e. The molecule has 0 radical (unpaired) electrons. The standard InChI is InChI=1S/C27H41N9O8.2C2HF3O2/c28-10-2-1-4-18-24(42)34-17(5-3-11-31-27(29)30)23(41)32-14-21(38)33-20(13-22(39)40)26(44)36-19(25(43)35-18)12-15-6-8-16(37)9-7-15;2*3-2(4,5)1(6)7/h6-9,17-20,37H,1-5,10-14,28H2,(H,32,41)(H,33,38)(H,34,42)(H,35,43)(H,36,44)(H,39,40)(H4,29,30,31);2*(H,6,7). The zero-order valence-electron chi connectivity index (χ0n) is 30.2. The van der Waals surface area contributed by atoms with Crippen LogP contribution in [0.1, 0.15) is 44.1 Å². The van der Waals surface area contributed by atoms with E-state index in [1.54, 1.807) is 0 Å². The van der Waals surface area contributed by atoms with E-state index in [2.05, 4.69) is 31.6 Å². The molecular weight excluding hydrogens is 804 g/mol. The van der Waals surface area contributed by atoms with Gasteiger partial charge >= 0.3 is 30.3 Å². The lowest BCUT2D eigenvalue weighted by Crippen LogP contribution is -2.58. The number of rotatable bonds is 12. The molecule has 1 aromatic rings. The number of alkyl halides is 6. The second-order valence-corrected chi connectivity index (χ2v) is 11.8. The van der Waals surface area contributed by atoms with E-state index < -0.39 is 96.9 Å². The summed E-state index contributed by atoms with van der Waals surface area (Å²) in [5.74, 6) is -11.1. The fourth-order valence-corrected chi connectivity index (χ4v) is 4.35. The van der Waals surface area contributed by atoms with E-state index in [4.69, 9.17) is 37.0 Å². The van der Waals surface area contributed by atoms with Gasteiger partial charge < -0.3 is 64.2 Å². The number of carbonyl (C=O) groups is 8. The van der Waals surface area contributed by atoms with Crippen LogP contribution < -0.4 is 43.8 Å². The van der Waals surface area contributed by atoms with Crippen molar-refractivity contribution in [3.63, 3.8) is 0 Å². The van der Waals surface area contributed by atoms with Crippen molar-refractivity contribution < 1.29 is 85.1 Å². The average molecular weight is 848 g/mol. The summed E-state index contributed by atoms with van der Waals surface area (Å²) in [5.41, 5.74) is 16.8. The van der Waals surface area contributed by atoms with E-state index in [0.717, 1.165) is 0 Å². The minimum Gasteiger partial charge on any atom is -0.508 e. The highest BCUT2D eigenvalue weighted by Crippen LogP contribution is 2.15. The summed E-state index contributed by atoms with van der Waals surface area (Å²) in [5, 5.41) is 45.6. The number of carboxylic acids is 3. The highest BCUT2D eigenvalue weighted by molar-refractivity contribution is 5.98. The van der Waals surface area contributed by atoms with Crippen molar-refractivity contribution >= 4 is 53.4 Å². The molecule has 1 aliphatic heterocycles. The van der Waals surface area contributed by atoms with E-state index in [9.17, 15) is 65.3 Å². The van der Waals surface area contributed by atoms with E-state index >= 15 is 0 Å². The maximum absolute atomic E-state index is 13.6. The van der Waals surface area contributed by atoms with E-state index in [-0.39, 0.29) is 43.9 Å². The quantitative estimate of drug-likeness (QED) is 0.0465. The second-order valence-electron chi connectivity index (χ2n) is 11.8. The van der Waals surface area contributed by atoms with Crippen LogP contribution in [0.4, 0.5) is 26.3 Å². The van der Waals surface area contributed by atoms with Crippen LogP contribution in [0.5, 0.6) is 5.75 Å². The minimum absolute atomic E-state index is 0.0267. The highest BCUT2D eigenvalue weighted by atomic mass is 19.4. The van der Waals surface area contributed by atoms with Gasteiger partial charge in [-0.2, -0.15) is 26.3 Å². The first kappa shape index (κ1) is 51.6. The number of aromatic hydroxyl groups is 1. The van der Waals surface area contributed by atoms with Crippen LogP contribution in [0.15, 0.2) is 29.3 Å². The summed E-state index contributed by atoms with van der Waals surface area (Å²) in [6.07, 6.45) is -9.58. The molecule has 58 heavy (non-hydrogen) atoms. The lowest BCUT2D eigenvalue weighted by molar-refractivity contribution is -0.193. The maximum atomic E-state index is 13.6. The van der Waals surface area contributed by atoms with Crippen molar-refractivity contribution in [1.82, 2.24) is 26.6 Å². The average Bonchev–Trinajstić information content (AvgIpc) is 3.10. The largest absolute Gasteiger partial charge is 0.508 e. The Bertz CT molecular complexity index is 1580. The topological polar surface area (TPSA) is 368 Å². The lowest BCUT2D eigenvalue weighted by atomic mass is 10.0. The van der Waals surface area contributed by atoms with Crippen LogP contribution in [0.3, 0.4) is 0 Å². The van der Waals surface area contributed by atoms with Crippen molar-refractivity contribution in [2.75, 3.05) is 19.6 Å². The van der Waals surface area contributed by atoms with Gasteiger partial charge in [0.05, 0.1) is 13.0 Å². The van der Waals surface area contributed by atoms with E-state index in [1.807, 2.05) is 0 Å². The van der Waals surface area contributed by atoms with Crippen molar-refractivity contribution in [2.24, 2.45) is 22.2 Å². The Labute approximate surface area is 324 Å². The molecule has 0 saturated carbocycles. The number of hydrogen-bond acceptors (Lipinski definition) is 11. The van der Waals surface area contributed by atoms with E-state index in [0.29, 0.717) is 24.9 Å². The first-order valence-electron chi connectivity index (χ1n) is 16.6. The summed E-state index contributed by atoms with van der Waals surface area (Å²) in [4.78, 5) is 99.0. The molecule has 0 spiro atoms. The number of phenolic OH excluding ortho intramolecular Hbond substituents is 1. The van der Waals surface area contributed by atoms with Crippen molar-refractivity contribution in [3.8, 4) is 5.75 Å². The number of amides is 5. The van der Waals surface area contributed by atoms with Crippen molar-refractivity contribution in [3.05, 3.63) is 29.8 Å². The Morgan fingerprint density at radius 2 is 1.14 bits per heavy atom. The van der Waals surface area contributed by atoms with Gasteiger partial charge in [0.1, 0.15) is 29.9 Å². The molecule has 0 aromatic heterocycles. The van der Waals surface area contributed by atoms with Crippen LogP contribution in [0.2, 0.25) is 0 Å². The van der Waals surface area contributed by atoms with Gasteiger partial charge in [-0.1, -0.05) is 12.1 Å². The van der Waals surface area contributed by atoms with Crippen LogP contribution in [-0.4, -0.2) is 130 Å². The summed E-state index contributed by atoms with van der Waals surface area (Å²) in [6.45, 7) is -0.136. The smallest absolute Gasteiger partial charge is 0.490 e. The van der Waals surface area contributed by atoms with Gasteiger partial charge in [0.25, 0.3) is 0 Å². The SMILES string of the molecule is NCCCCC1NC(=O)C(Cc2ccc(O)cc2)NC(=O)C(CC(=O)O)NC(=O)CNC(=O)C(CCCN=C(N)N)NC1=O.O=C(O)C(F)(F)F.O=C(O)C(F)(F)F. The molecule has 326 valence electrons. The number of benzene rings is 1. The number of aliphatic imine (C=N–C) groups is 1. The van der Waals surface area contributed by atoms with Gasteiger partial charge in [0, 0.05) is 13.0 Å². The molecule has 1 fully saturated rings. The number of aliphatic carboxylic acids is 3. The molecule has 4 unspecified atom stereocenters. The highest BCUT2D eigenvalue weighted by Gasteiger charge is 2.39. The zero-order chi connectivity index (χ0) is 44.8. The van der Waals surface area contributed by atoms with Crippen molar-refractivity contribution in [1.29, 1.82) is 0 Å². The first-order chi connectivity index (χ1) is 26.8. The molecule has 1 aliphatic rings. The summed E-state index contributed by atoms with van der Waals surface area (Å²) >= 11 is 0. The van der Waals surface area contributed by atoms with Crippen LogP contribution in [0, 0.1) is 0 Å². The molecule has 21 nitrogen and oxygen atoms in total. The Kier molecular flexibility index (Phi) is 22.2. The summed E-state index contributed by atoms with van der Waals surface area (Å²) < 4.78 is 63.5. The van der Waals surface area contributed by atoms with Gasteiger partial charge in [-0.05, 0) is 56.3 Å². The minimum atomic E-state index is -5.08. The Balaban J connectivity index is 0.00000197. The third-order valence-corrected chi connectivity index (χ3v) is 7.11. The summed E-state index contributed by atoms with van der Waals surface area (Å²) in [6, 6.07) is 0.627. The fraction of sp³-hybridized carbons (Fsp3) is 0.516. The number of carboxylic acid groups (broad SMARTS) is 3. The molecule has 15 N–H and O–H groups in total. The lowest BCUT2D eigenvalue weighted by Gasteiger charge is -2.26. The number of nitrogens with two attached hydrogens (primary N) is 3. The van der Waals surface area contributed by atoms with Crippen LogP contribution in [0.25, 0.3) is 0 Å². The number of phenols is 1. The molecule has 27 heteroatoms. The molecule has 5 amide bonds. The van der Waals surface area contributed by atoms with Crippen molar-refractivity contribution in [2.45, 2.75) is 81.5 Å². The molecule has 0 bridgehead atoms. The molecule has 0 aliphatic carbocycles. The Morgan fingerprint density at radius 1 is 0.690 bits per heavy atom. The first-order valence-corrected chi connectivity index (χ1v) is 16.6. The van der Waals surface area contributed by atoms with E-state index in [1.165, 1.54) is 24.3 Å². The van der Waals surface area contributed by atoms with Gasteiger partial charge in [-0.15, -0.1) is 0 Å². The number of carbonyl (C=O) groups excluding carboxylic acids is 5. The molecule has 1 aromatic carbocycles. The molecule has 1 heterocycles. The summed E-state index contributed by atoms with van der Waals surface area (Å²) in [7, 11) is 0. The molecule has 2 rings (SSSR count). The predicted octanol–water partition coefficient (Wildman–Crippen LogP) is -2.07. The second kappa shape index (κ2) is 25.0. The predicted molar refractivity (Wildman–Crippen MR) is 185 cm³/mol. The monoisotopic (exact) mass is 847 g/mol. The van der Waals surface area contributed by atoms with Crippen LogP contribution >= 0.6 is 0 Å². The number of nitrogens with zero attached hydrogens (tertiary/aromatic N) is 1. The number of unbranched alkanes of at least 4 members (excludes halogenated alkanes) is 1. The Morgan fingerprint density at radius 3 is 1.60 bits per heavy atom. The van der Waals surface area contributed by atoms with Gasteiger partial charge in [-0.3, -0.25) is 33.8 Å². The third-order valence-electron chi connectivity index (χ3n) is 7.11. The van der Waals surface area contributed by atoms with Gasteiger partial charge in [-0.25, -0.2) is 9.59 Å². The number of nitrogens with one attached hydrogen (secondary N) is 5. The number of halogens is 6. The fourth-order valence-electron chi connectivity index (χ4n) is 4.35. The van der Waals surface area contributed by atoms with Gasteiger partial charge in [0.15, 0.2) is 5.96 Å². The molecular formula is C31H43F6N9O12. The number of hydrogen-bond donors (Lipinski definition) is 12. The third kappa shape index (κ3) is 22.2. The normalized spacial score (nSPS) is 19.3.